The Labute approximate surface area is 231 Å². The van der Waals surface area contributed by atoms with E-state index in [4.69, 9.17) is 0 Å². The van der Waals surface area contributed by atoms with Gasteiger partial charge in [-0.25, -0.2) is 17.5 Å². The molecule has 0 amide bonds. The van der Waals surface area contributed by atoms with Gasteiger partial charge in [-0.05, 0) is 60.9 Å². The lowest BCUT2D eigenvalue weighted by Gasteiger charge is -2.44. The van der Waals surface area contributed by atoms with Crippen LogP contribution in [0, 0.1) is 11.2 Å². The molecule has 1 N–H and O–H groups in total. The summed E-state index contributed by atoms with van der Waals surface area (Å²) in [6, 6.07) is 7.11. The van der Waals surface area contributed by atoms with Crippen LogP contribution in [0.2, 0.25) is 0 Å². The molecule has 4 heterocycles. The van der Waals surface area contributed by atoms with Gasteiger partial charge in [0.1, 0.15) is 18.6 Å². The molecular formula is C26H22F4N7O3S+. The molecule has 10 nitrogen and oxygen atoms in total. The smallest absolute Gasteiger partial charge is 0.291 e. The fourth-order valence-corrected chi connectivity index (χ4v) is 6.83. The fraction of sp³-hybridized carbons (Fsp3) is 0.269. The summed E-state index contributed by atoms with van der Waals surface area (Å²) in [4.78, 5) is 18.1. The highest BCUT2D eigenvalue weighted by molar-refractivity contribution is 7.89. The van der Waals surface area contributed by atoms with Crippen molar-refractivity contribution in [2.24, 2.45) is 12.5 Å². The molecule has 0 radical (unpaired) electrons. The maximum absolute atomic E-state index is 14.2. The van der Waals surface area contributed by atoms with Gasteiger partial charge >= 0.3 is 11.2 Å². The second-order valence-corrected chi connectivity index (χ2v) is 11.9. The number of piperidine rings is 1. The number of rotatable bonds is 5. The number of ketones is 1. The van der Waals surface area contributed by atoms with E-state index in [9.17, 15) is 30.8 Å². The number of hydrogen-bond donors (Lipinski definition) is 1. The SMILES string of the molecule is C[n+]1cc(S(=O)(=O)N2CCC3=Cc4c(cnn4-c4ccc(F)cc4)C[C@]3(C(=O)c3cc(C(F)(F)F)ccn3)C2)n[nH]1. The number of pyridine rings is 1. The lowest BCUT2D eigenvalue weighted by atomic mass is 9.65. The molecule has 1 saturated heterocycles. The Morgan fingerprint density at radius 1 is 1.17 bits per heavy atom. The van der Waals surface area contributed by atoms with Crippen LogP contribution in [0.4, 0.5) is 17.6 Å². The van der Waals surface area contributed by atoms with Gasteiger partial charge in [-0.1, -0.05) is 10.8 Å². The number of halogens is 4. The van der Waals surface area contributed by atoms with E-state index in [0.29, 0.717) is 28.6 Å². The van der Waals surface area contributed by atoms with E-state index < -0.39 is 44.5 Å². The molecule has 4 aromatic rings. The first-order valence-corrected chi connectivity index (χ1v) is 13.9. The van der Waals surface area contributed by atoms with Gasteiger partial charge in [0.2, 0.25) is 0 Å². The molecule has 0 bridgehead atoms. The number of nitrogens with zero attached hydrogens (tertiary/aromatic N) is 6. The molecule has 15 heteroatoms. The molecule has 3 aromatic heterocycles. The molecule has 0 saturated carbocycles. The summed E-state index contributed by atoms with van der Waals surface area (Å²) < 4.78 is 85.2. The van der Waals surface area contributed by atoms with Crippen molar-refractivity contribution in [1.82, 2.24) is 29.4 Å². The number of carbonyl (C=O) groups excluding carboxylic acids is 1. The molecule has 212 valence electrons. The van der Waals surface area contributed by atoms with E-state index in [1.807, 2.05) is 0 Å². The maximum Gasteiger partial charge on any atom is 0.416 e. The average Bonchev–Trinajstić information content (AvgIpc) is 3.57. The van der Waals surface area contributed by atoms with Crippen LogP contribution in [-0.4, -0.2) is 56.7 Å². The Kier molecular flexibility index (Phi) is 6.19. The van der Waals surface area contributed by atoms with Gasteiger partial charge in [-0.2, -0.15) is 27.3 Å². The van der Waals surface area contributed by atoms with Crippen LogP contribution < -0.4 is 4.68 Å². The molecule has 2 aliphatic rings. The topological polar surface area (TPSA) is 118 Å². The highest BCUT2D eigenvalue weighted by atomic mass is 32.2. The molecular weight excluding hydrogens is 566 g/mol. The molecule has 0 unspecified atom stereocenters. The van der Waals surface area contributed by atoms with Gasteiger partial charge in [0.25, 0.3) is 10.0 Å². The summed E-state index contributed by atoms with van der Waals surface area (Å²) in [5, 5.41) is 10.5. The van der Waals surface area contributed by atoms with E-state index in [-0.39, 0.29) is 31.0 Å². The van der Waals surface area contributed by atoms with Crippen LogP contribution in [-0.2, 0) is 29.7 Å². The quantitative estimate of drug-likeness (QED) is 0.218. The van der Waals surface area contributed by atoms with Crippen molar-refractivity contribution in [1.29, 1.82) is 0 Å². The van der Waals surface area contributed by atoms with E-state index in [1.54, 1.807) is 29.9 Å². The highest BCUT2D eigenvalue weighted by Crippen LogP contribution is 2.47. The number of nitrogens with one attached hydrogen (secondary N) is 1. The minimum Gasteiger partial charge on any atom is -0.291 e. The van der Waals surface area contributed by atoms with Crippen LogP contribution in [0.3, 0.4) is 0 Å². The summed E-state index contributed by atoms with van der Waals surface area (Å²) in [7, 11) is -2.60. The summed E-state index contributed by atoms with van der Waals surface area (Å²) in [6.07, 6.45) is 0.816. The maximum atomic E-state index is 14.2. The Hall–Kier alpha value is -4.24. The molecule has 0 spiro atoms. The van der Waals surface area contributed by atoms with Crippen molar-refractivity contribution in [3.05, 3.63) is 88.9 Å². The predicted molar refractivity (Wildman–Crippen MR) is 134 cm³/mol. The molecule has 1 aliphatic heterocycles. The van der Waals surface area contributed by atoms with E-state index in [2.05, 4.69) is 20.4 Å². The Morgan fingerprint density at radius 2 is 1.93 bits per heavy atom. The lowest BCUT2D eigenvalue weighted by molar-refractivity contribution is -0.731. The predicted octanol–water partition coefficient (Wildman–Crippen LogP) is 2.88. The highest BCUT2D eigenvalue weighted by Gasteiger charge is 2.52. The molecule has 41 heavy (non-hydrogen) atoms. The number of carbonyl (C=O) groups is 1. The Morgan fingerprint density at radius 3 is 2.61 bits per heavy atom. The second kappa shape index (κ2) is 9.41. The van der Waals surface area contributed by atoms with Crippen molar-refractivity contribution in [2.45, 2.75) is 24.0 Å². The van der Waals surface area contributed by atoms with Crippen molar-refractivity contribution in [3.63, 3.8) is 0 Å². The van der Waals surface area contributed by atoms with Crippen LogP contribution in [0.5, 0.6) is 0 Å². The van der Waals surface area contributed by atoms with Crippen LogP contribution in [0.25, 0.3) is 11.8 Å². The largest absolute Gasteiger partial charge is 0.416 e. The third-order valence-electron chi connectivity index (χ3n) is 7.43. The zero-order valence-corrected chi connectivity index (χ0v) is 22.2. The van der Waals surface area contributed by atoms with E-state index in [0.717, 1.165) is 16.6 Å². The molecule has 1 atom stereocenters. The number of sulfonamides is 1. The lowest BCUT2D eigenvalue weighted by Crippen LogP contribution is -2.53. The molecule has 6 rings (SSSR count). The number of aromatic nitrogens is 6. The van der Waals surface area contributed by atoms with Crippen molar-refractivity contribution >= 4 is 21.9 Å². The van der Waals surface area contributed by atoms with Crippen LogP contribution >= 0.6 is 0 Å². The number of H-pyrrole nitrogens is 1. The van der Waals surface area contributed by atoms with Crippen LogP contribution in [0.15, 0.2) is 65.6 Å². The van der Waals surface area contributed by atoms with Gasteiger partial charge in [0, 0.05) is 19.3 Å². The minimum atomic E-state index is -4.71. The van der Waals surface area contributed by atoms with Gasteiger partial charge in [-0.15, -0.1) is 0 Å². The summed E-state index contributed by atoms with van der Waals surface area (Å²) in [6.45, 7) is -0.328. The normalized spacial score (nSPS) is 19.4. The molecule has 1 aliphatic carbocycles. The first-order chi connectivity index (χ1) is 19.4. The number of fused-ring (bicyclic) bond motifs is 2. The van der Waals surface area contributed by atoms with Gasteiger partial charge < -0.3 is 0 Å². The summed E-state index contributed by atoms with van der Waals surface area (Å²) in [5.74, 6) is -1.16. The fourth-order valence-electron chi connectivity index (χ4n) is 5.39. The number of alkyl halides is 3. The van der Waals surface area contributed by atoms with Crippen molar-refractivity contribution < 1.29 is 35.5 Å². The first-order valence-electron chi connectivity index (χ1n) is 12.4. The van der Waals surface area contributed by atoms with E-state index >= 15 is 0 Å². The Balaban J connectivity index is 1.47. The zero-order chi connectivity index (χ0) is 29.2. The zero-order valence-electron chi connectivity index (χ0n) is 21.4. The van der Waals surface area contributed by atoms with Crippen LogP contribution in [0.1, 0.15) is 33.7 Å². The number of aryl methyl sites for hydroxylation is 1. The minimum absolute atomic E-state index is 0.00973. The van der Waals surface area contributed by atoms with Crippen molar-refractivity contribution in [3.8, 4) is 5.69 Å². The standard InChI is InChI=1S/C26H21F4N7O3S/c1-35-14-23(33-34-35)41(39,40)36-9-7-17-11-22-16(13-32-37(22)20-4-2-19(27)3-5-20)12-25(17,15-36)24(38)21-10-18(6-8-31-21)26(28,29)30/h2-6,8,10-11,13-14H,7,9,12,15H2,1H3/p+1/t25-/m0/s1. The number of hydrogen-bond acceptors (Lipinski definition) is 6. The average molecular weight is 589 g/mol. The summed E-state index contributed by atoms with van der Waals surface area (Å²) >= 11 is 0. The van der Waals surface area contributed by atoms with Gasteiger partial charge in [0.15, 0.2) is 12.0 Å². The third-order valence-corrected chi connectivity index (χ3v) is 9.15. The second-order valence-electron chi connectivity index (χ2n) is 10.0. The molecule has 1 fully saturated rings. The monoisotopic (exact) mass is 588 g/mol. The van der Waals surface area contributed by atoms with Crippen molar-refractivity contribution in [2.75, 3.05) is 13.1 Å². The number of Topliss-reactive ketones (excluding diaryl/α,β-unsaturated/α-hetero) is 1. The van der Waals surface area contributed by atoms with Gasteiger partial charge in [0.05, 0.1) is 33.7 Å². The Bertz CT molecular complexity index is 1810. The molecule has 1 aromatic carbocycles. The van der Waals surface area contributed by atoms with Gasteiger partial charge in [-0.3, -0.25) is 9.78 Å². The first kappa shape index (κ1) is 27.0. The number of benzene rings is 1. The third kappa shape index (κ3) is 4.54. The van der Waals surface area contributed by atoms with E-state index in [1.165, 1.54) is 29.2 Å². The summed E-state index contributed by atoms with van der Waals surface area (Å²) in [5.41, 5.74) is -0.726. The number of aromatic amines is 1.